The highest BCUT2D eigenvalue weighted by atomic mass is 35.5. The van der Waals surface area contributed by atoms with Gasteiger partial charge in [-0.25, -0.2) is 4.39 Å². The molecule has 2 aromatic rings. The lowest BCUT2D eigenvalue weighted by molar-refractivity contribution is 0.525. The van der Waals surface area contributed by atoms with E-state index in [9.17, 15) is 4.39 Å². The molecule has 0 amide bonds. The molecular formula is C15H19ClFN3. The molecule has 0 saturated carbocycles. The third-order valence-electron chi connectivity index (χ3n) is 3.17. The molecule has 1 N–H and O–H groups in total. The Morgan fingerprint density at radius 2 is 2.15 bits per heavy atom. The lowest BCUT2D eigenvalue weighted by atomic mass is 10.2. The van der Waals surface area contributed by atoms with Crippen LogP contribution in [0.2, 0.25) is 5.02 Å². The van der Waals surface area contributed by atoms with Crippen LogP contribution in [-0.2, 0) is 13.1 Å². The Labute approximate surface area is 123 Å². The van der Waals surface area contributed by atoms with Gasteiger partial charge < -0.3 is 5.32 Å². The number of rotatable bonds is 6. The molecule has 1 aromatic heterocycles. The van der Waals surface area contributed by atoms with Gasteiger partial charge in [0.25, 0.3) is 0 Å². The lowest BCUT2D eigenvalue weighted by Gasteiger charge is -2.08. The molecule has 5 heteroatoms. The number of nitrogens with one attached hydrogen (secondary N) is 1. The Bertz CT molecular complexity index is 580. The summed E-state index contributed by atoms with van der Waals surface area (Å²) in [5.41, 5.74) is 2.81. The molecule has 0 unspecified atom stereocenters. The van der Waals surface area contributed by atoms with Crippen LogP contribution in [0.5, 0.6) is 0 Å². The van der Waals surface area contributed by atoms with Crippen molar-refractivity contribution in [2.45, 2.75) is 33.4 Å². The third kappa shape index (κ3) is 3.81. The standard InChI is InChI=1S/C15H19ClFN3/c1-11-9-12(2)20(19-11)8-4-7-18-10-13-5-3-6-14(16)15(13)17/h3,5-6,9,18H,4,7-8,10H2,1-2H3. The highest BCUT2D eigenvalue weighted by Gasteiger charge is 2.05. The van der Waals surface area contributed by atoms with E-state index >= 15 is 0 Å². The molecule has 1 aromatic carbocycles. The first-order valence-corrected chi connectivity index (χ1v) is 7.10. The summed E-state index contributed by atoms with van der Waals surface area (Å²) in [5.74, 6) is -0.333. The smallest absolute Gasteiger partial charge is 0.146 e. The zero-order valence-electron chi connectivity index (χ0n) is 11.8. The molecule has 0 saturated heterocycles. The Kier molecular flexibility index (Phi) is 5.15. The van der Waals surface area contributed by atoms with Crippen molar-refractivity contribution in [3.8, 4) is 0 Å². The van der Waals surface area contributed by atoms with Crippen molar-refractivity contribution >= 4 is 11.6 Å². The average molecular weight is 296 g/mol. The summed E-state index contributed by atoms with van der Waals surface area (Å²) >= 11 is 5.74. The summed E-state index contributed by atoms with van der Waals surface area (Å²) < 4.78 is 15.6. The Morgan fingerprint density at radius 3 is 2.85 bits per heavy atom. The minimum atomic E-state index is -0.333. The molecule has 0 bridgehead atoms. The van der Waals surface area contributed by atoms with Crippen LogP contribution in [0.4, 0.5) is 4.39 Å². The van der Waals surface area contributed by atoms with Crippen LogP contribution in [0.15, 0.2) is 24.3 Å². The van der Waals surface area contributed by atoms with Crippen LogP contribution in [0, 0.1) is 19.7 Å². The van der Waals surface area contributed by atoms with Gasteiger partial charge in [0.2, 0.25) is 0 Å². The zero-order chi connectivity index (χ0) is 14.5. The highest BCUT2D eigenvalue weighted by molar-refractivity contribution is 6.30. The van der Waals surface area contributed by atoms with Crippen molar-refractivity contribution < 1.29 is 4.39 Å². The van der Waals surface area contributed by atoms with Crippen molar-refractivity contribution in [2.75, 3.05) is 6.54 Å². The van der Waals surface area contributed by atoms with Crippen LogP contribution in [0.1, 0.15) is 23.4 Å². The normalized spacial score (nSPS) is 11.0. The molecule has 0 atom stereocenters. The zero-order valence-corrected chi connectivity index (χ0v) is 12.5. The van der Waals surface area contributed by atoms with Crippen molar-refractivity contribution in [1.29, 1.82) is 0 Å². The first-order valence-electron chi connectivity index (χ1n) is 6.72. The Hall–Kier alpha value is -1.39. The molecule has 3 nitrogen and oxygen atoms in total. The summed E-state index contributed by atoms with van der Waals surface area (Å²) in [7, 11) is 0. The molecule has 2 rings (SSSR count). The van der Waals surface area contributed by atoms with E-state index in [0.717, 1.165) is 25.2 Å². The number of benzene rings is 1. The fourth-order valence-electron chi connectivity index (χ4n) is 2.16. The molecule has 0 aliphatic heterocycles. The maximum absolute atomic E-state index is 13.6. The molecule has 20 heavy (non-hydrogen) atoms. The van der Waals surface area contributed by atoms with Gasteiger partial charge >= 0.3 is 0 Å². The molecule has 0 aliphatic carbocycles. The predicted molar refractivity (Wildman–Crippen MR) is 79.4 cm³/mol. The minimum Gasteiger partial charge on any atom is -0.312 e. The number of aryl methyl sites for hydroxylation is 3. The molecule has 0 aliphatic rings. The van der Waals surface area contributed by atoms with Gasteiger partial charge in [-0.3, -0.25) is 4.68 Å². The average Bonchev–Trinajstić information content (AvgIpc) is 2.72. The van der Waals surface area contributed by atoms with Gasteiger partial charge in [-0.05, 0) is 38.9 Å². The van der Waals surface area contributed by atoms with Gasteiger partial charge in [0.15, 0.2) is 0 Å². The van der Waals surface area contributed by atoms with Crippen LogP contribution in [-0.4, -0.2) is 16.3 Å². The lowest BCUT2D eigenvalue weighted by Crippen LogP contribution is -2.18. The SMILES string of the molecule is Cc1cc(C)n(CCCNCc2cccc(Cl)c2F)n1. The fraction of sp³-hybridized carbons (Fsp3) is 0.400. The van der Waals surface area contributed by atoms with Gasteiger partial charge in [-0.15, -0.1) is 0 Å². The summed E-state index contributed by atoms with van der Waals surface area (Å²) in [5, 5.41) is 7.80. The van der Waals surface area contributed by atoms with Gasteiger partial charge in [-0.2, -0.15) is 5.10 Å². The second-order valence-corrected chi connectivity index (χ2v) is 5.30. The second-order valence-electron chi connectivity index (χ2n) is 4.89. The molecule has 0 fully saturated rings. The number of halogens is 2. The van der Waals surface area contributed by atoms with Crippen LogP contribution in [0.3, 0.4) is 0 Å². The van der Waals surface area contributed by atoms with Crippen LogP contribution >= 0.6 is 11.6 Å². The van der Waals surface area contributed by atoms with Gasteiger partial charge in [0.05, 0.1) is 10.7 Å². The summed E-state index contributed by atoms with van der Waals surface area (Å²) in [4.78, 5) is 0. The van der Waals surface area contributed by atoms with E-state index in [-0.39, 0.29) is 10.8 Å². The van der Waals surface area contributed by atoms with Crippen LogP contribution in [0.25, 0.3) is 0 Å². The highest BCUT2D eigenvalue weighted by Crippen LogP contribution is 2.17. The number of nitrogens with zero attached hydrogens (tertiary/aromatic N) is 2. The molecule has 1 heterocycles. The monoisotopic (exact) mass is 295 g/mol. The van der Waals surface area contributed by atoms with Gasteiger partial charge in [0.1, 0.15) is 5.82 Å². The van der Waals surface area contributed by atoms with E-state index in [2.05, 4.69) is 23.4 Å². The van der Waals surface area contributed by atoms with Crippen molar-refractivity contribution in [3.05, 3.63) is 52.1 Å². The predicted octanol–water partition coefficient (Wildman–Crippen LogP) is 3.47. The number of aromatic nitrogens is 2. The topological polar surface area (TPSA) is 29.9 Å². The number of hydrogen-bond donors (Lipinski definition) is 1. The second kappa shape index (κ2) is 6.86. The maximum Gasteiger partial charge on any atom is 0.146 e. The van der Waals surface area contributed by atoms with Crippen molar-refractivity contribution in [2.24, 2.45) is 0 Å². The van der Waals surface area contributed by atoms with Gasteiger partial charge in [0, 0.05) is 24.3 Å². The fourth-order valence-corrected chi connectivity index (χ4v) is 2.36. The van der Waals surface area contributed by atoms with E-state index in [1.54, 1.807) is 18.2 Å². The summed E-state index contributed by atoms with van der Waals surface area (Å²) in [6.45, 7) is 6.21. The Morgan fingerprint density at radius 1 is 1.35 bits per heavy atom. The molecular weight excluding hydrogens is 277 g/mol. The van der Waals surface area contributed by atoms with E-state index < -0.39 is 0 Å². The summed E-state index contributed by atoms with van der Waals surface area (Å²) in [6.07, 6.45) is 0.949. The van der Waals surface area contributed by atoms with E-state index in [0.29, 0.717) is 12.1 Å². The van der Waals surface area contributed by atoms with E-state index in [4.69, 9.17) is 11.6 Å². The Balaban J connectivity index is 1.74. The number of hydrogen-bond acceptors (Lipinski definition) is 2. The minimum absolute atomic E-state index is 0.173. The quantitative estimate of drug-likeness (QED) is 0.827. The largest absolute Gasteiger partial charge is 0.312 e. The van der Waals surface area contributed by atoms with E-state index in [1.165, 1.54) is 5.69 Å². The van der Waals surface area contributed by atoms with Crippen molar-refractivity contribution in [3.63, 3.8) is 0 Å². The molecule has 108 valence electrons. The van der Waals surface area contributed by atoms with Gasteiger partial charge in [-0.1, -0.05) is 23.7 Å². The first-order chi connectivity index (χ1) is 9.58. The first kappa shape index (κ1) is 15.0. The maximum atomic E-state index is 13.6. The third-order valence-corrected chi connectivity index (χ3v) is 3.47. The summed E-state index contributed by atoms with van der Waals surface area (Å²) in [6, 6.07) is 7.13. The van der Waals surface area contributed by atoms with Crippen molar-refractivity contribution in [1.82, 2.24) is 15.1 Å². The molecule has 0 radical (unpaired) electrons. The van der Waals surface area contributed by atoms with Crippen LogP contribution < -0.4 is 5.32 Å². The van der Waals surface area contributed by atoms with E-state index in [1.807, 2.05) is 11.6 Å². The molecule has 0 spiro atoms.